The molecule has 1 N–H and O–H groups in total. The zero-order chi connectivity index (χ0) is 20.0. The fraction of sp³-hybridized carbons (Fsp3) is 0.316. The second kappa shape index (κ2) is 9.05. The highest BCUT2D eigenvalue weighted by Gasteiger charge is 2.26. The number of anilines is 1. The fourth-order valence-corrected chi connectivity index (χ4v) is 4.07. The van der Waals surface area contributed by atoms with Crippen LogP contribution in [0.25, 0.3) is 0 Å². The number of rotatable bonds is 7. The number of sulfonamides is 1. The van der Waals surface area contributed by atoms with Gasteiger partial charge in [-0.05, 0) is 48.5 Å². The summed E-state index contributed by atoms with van der Waals surface area (Å²) in [5, 5.41) is 2.71. The Labute approximate surface area is 164 Å². The molecule has 1 saturated heterocycles. The van der Waals surface area contributed by atoms with Gasteiger partial charge in [0.25, 0.3) is 5.91 Å². The summed E-state index contributed by atoms with van der Waals surface area (Å²) >= 11 is 0. The van der Waals surface area contributed by atoms with Crippen molar-refractivity contribution in [3.05, 3.63) is 48.5 Å². The standard InChI is InChI=1S/C19H22N2O6S/c1-25-16-4-2-15(3-5-16)20-19(22)14-27-17-6-8-18(9-7-17)28(23,24)21-10-12-26-13-11-21/h2-9H,10-14H2,1H3,(H,20,22). The van der Waals surface area contributed by atoms with Crippen molar-refractivity contribution in [1.82, 2.24) is 4.31 Å². The van der Waals surface area contributed by atoms with Crippen molar-refractivity contribution in [2.75, 3.05) is 45.3 Å². The Morgan fingerprint density at radius 3 is 2.25 bits per heavy atom. The molecular weight excluding hydrogens is 384 g/mol. The summed E-state index contributed by atoms with van der Waals surface area (Å²) in [7, 11) is -1.98. The van der Waals surface area contributed by atoms with E-state index in [0.29, 0.717) is 43.5 Å². The lowest BCUT2D eigenvalue weighted by atomic mass is 10.3. The minimum absolute atomic E-state index is 0.185. The maximum absolute atomic E-state index is 12.6. The van der Waals surface area contributed by atoms with E-state index in [1.165, 1.54) is 28.6 Å². The van der Waals surface area contributed by atoms with Gasteiger partial charge in [-0.3, -0.25) is 4.79 Å². The topological polar surface area (TPSA) is 94.2 Å². The van der Waals surface area contributed by atoms with E-state index in [-0.39, 0.29) is 17.4 Å². The Bertz CT molecular complexity index is 891. The van der Waals surface area contributed by atoms with Crippen molar-refractivity contribution >= 4 is 21.6 Å². The molecule has 3 rings (SSSR count). The molecule has 0 spiro atoms. The maximum atomic E-state index is 12.6. The molecule has 28 heavy (non-hydrogen) atoms. The number of nitrogens with zero attached hydrogens (tertiary/aromatic N) is 1. The molecule has 1 heterocycles. The SMILES string of the molecule is COc1ccc(NC(=O)COc2ccc(S(=O)(=O)N3CCOCC3)cc2)cc1. The van der Waals surface area contributed by atoms with Crippen LogP contribution in [-0.4, -0.2) is 58.7 Å². The average molecular weight is 406 g/mol. The Kier molecular flexibility index (Phi) is 6.50. The minimum Gasteiger partial charge on any atom is -0.497 e. The molecule has 8 nitrogen and oxygen atoms in total. The first-order valence-electron chi connectivity index (χ1n) is 8.74. The second-order valence-corrected chi connectivity index (χ2v) is 7.99. The number of hydrogen-bond acceptors (Lipinski definition) is 6. The van der Waals surface area contributed by atoms with Crippen LogP contribution in [0, 0.1) is 0 Å². The molecule has 0 atom stereocenters. The van der Waals surface area contributed by atoms with Crippen molar-refractivity contribution in [3.8, 4) is 11.5 Å². The van der Waals surface area contributed by atoms with Crippen LogP contribution in [-0.2, 0) is 19.6 Å². The fourth-order valence-electron chi connectivity index (χ4n) is 2.66. The van der Waals surface area contributed by atoms with E-state index in [0.717, 1.165) is 0 Å². The third kappa shape index (κ3) is 5.00. The molecule has 9 heteroatoms. The summed E-state index contributed by atoms with van der Waals surface area (Å²) in [6.45, 7) is 1.27. The number of carbonyl (C=O) groups excluding carboxylic acids is 1. The van der Waals surface area contributed by atoms with Gasteiger partial charge in [0, 0.05) is 18.8 Å². The Morgan fingerprint density at radius 2 is 1.64 bits per heavy atom. The van der Waals surface area contributed by atoms with Crippen molar-refractivity contribution < 1.29 is 27.4 Å². The van der Waals surface area contributed by atoms with Gasteiger partial charge < -0.3 is 19.5 Å². The summed E-state index contributed by atoms with van der Waals surface area (Å²) < 4.78 is 42.2. The summed E-state index contributed by atoms with van der Waals surface area (Å²) in [5.74, 6) is 0.780. The molecule has 0 saturated carbocycles. The van der Waals surface area contributed by atoms with Crippen molar-refractivity contribution in [2.24, 2.45) is 0 Å². The van der Waals surface area contributed by atoms with Gasteiger partial charge >= 0.3 is 0 Å². The first kappa shape index (κ1) is 20.1. The van der Waals surface area contributed by atoms with Gasteiger partial charge in [0.1, 0.15) is 11.5 Å². The quantitative estimate of drug-likeness (QED) is 0.753. The lowest BCUT2D eigenvalue weighted by Crippen LogP contribution is -2.40. The van der Waals surface area contributed by atoms with E-state index in [1.54, 1.807) is 31.4 Å². The third-order valence-electron chi connectivity index (χ3n) is 4.18. The number of carbonyl (C=O) groups is 1. The molecule has 2 aromatic rings. The first-order chi connectivity index (χ1) is 13.5. The first-order valence-corrected chi connectivity index (χ1v) is 10.2. The highest BCUT2D eigenvalue weighted by molar-refractivity contribution is 7.89. The molecule has 0 aliphatic carbocycles. The van der Waals surface area contributed by atoms with Gasteiger partial charge in [0.2, 0.25) is 10.0 Å². The molecule has 0 aromatic heterocycles. The number of amides is 1. The molecule has 150 valence electrons. The molecule has 0 bridgehead atoms. The van der Waals surface area contributed by atoms with Gasteiger partial charge in [0.05, 0.1) is 25.2 Å². The van der Waals surface area contributed by atoms with Gasteiger partial charge in [-0.15, -0.1) is 0 Å². The largest absolute Gasteiger partial charge is 0.497 e. The van der Waals surface area contributed by atoms with E-state index < -0.39 is 10.0 Å². The molecule has 0 unspecified atom stereocenters. The summed E-state index contributed by atoms with van der Waals surface area (Å²) in [4.78, 5) is 12.2. The molecule has 1 aliphatic heterocycles. The Balaban J connectivity index is 1.54. The zero-order valence-electron chi connectivity index (χ0n) is 15.5. The van der Waals surface area contributed by atoms with Gasteiger partial charge in [-0.1, -0.05) is 0 Å². The maximum Gasteiger partial charge on any atom is 0.262 e. The molecule has 2 aromatic carbocycles. The Morgan fingerprint density at radius 1 is 1.04 bits per heavy atom. The minimum atomic E-state index is -3.55. The van der Waals surface area contributed by atoms with Crippen LogP contribution in [0.1, 0.15) is 0 Å². The number of nitrogens with one attached hydrogen (secondary N) is 1. The number of hydrogen-bond donors (Lipinski definition) is 1. The lowest BCUT2D eigenvalue weighted by molar-refractivity contribution is -0.118. The zero-order valence-corrected chi connectivity index (χ0v) is 16.3. The third-order valence-corrected chi connectivity index (χ3v) is 6.09. The van der Waals surface area contributed by atoms with Crippen molar-refractivity contribution in [3.63, 3.8) is 0 Å². The highest BCUT2D eigenvalue weighted by Crippen LogP contribution is 2.20. The molecule has 1 fully saturated rings. The van der Waals surface area contributed by atoms with E-state index >= 15 is 0 Å². The van der Waals surface area contributed by atoms with Crippen LogP contribution in [0.5, 0.6) is 11.5 Å². The summed E-state index contributed by atoms with van der Waals surface area (Å²) in [5.41, 5.74) is 0.626. The predicted molar refractivity (Wildman–Crippen MR) is 103 cm³/mol. The average Bonchev–Trinajstić information content (AvgIpc) is 2.74. The van der Waals surface area contributed by atoms with E-state index in [9.17, 15) is 13.2 Å². The predicted octanol–water partition coefficient (Wildman–Crippen LogP) is 1.73. The van der Waals surface area contributed by atoms with E-state index in [4.69, 9.17) is 14.2 Å². The monoisotopic (exact) mass is 406 g/mol. The van der Waals surface area contributed by atoms with Gasteiger partial charge in [-0.25, -0.2) is 8.42 Å². The normalized spacial score (nSPS) is 15.0. The summed E-state index contributed by atoms with van der Waals surface area (Å²) in [6, 6.07) is 12.9. The van der Waals surface area contributed by atoms with Crippen LogP contribution >= 0.6 is 0 Å². The molecular formula is C19H22N2O6S. The van der Waals surface area contributed by atoms with Crippen molar-refractivity contribution in [1.29, 1.82) is 0 Å². The van der Waals surface area contributed by atoms with Crippen LogP contribution in [0.2, 0.25) is 0 Å². The molecule has 1 amide bonds. The van der Waals surface area contributed by atoms with Gasteiger partial charge in [0.15, 0.2) is 6.61 Å². The molecule has 0 radical (unpaired) electrons. The number of benzene rings is 2. The number of morpholine rings is 1. The van der Waals surface area contributed by atoms with Crippen molar-refractivity contribution in [2.45, 2.75) is 4.90 Å². The molecule has 1 aliphatic rings. The second-order valence-electron chi connectivity index (χ2n) is 6.05. The van der Waals surface area contributed by atoms with Gasteiger partial charge in [-0.2, -0.15) is 4.31 Å². The Hall–Kier alpha value is -2.62. The smallest absolute Gasteiger partial charge is 0.262 e. The van der Waals surface area contributed by atoms with Crippen LogP contribution in [0.15, 0.2) is 53.4 Å². The number of ether oxygens (including phenoxy) is 3. The van der Waals surface area contributed by atoms with E-state index in [2.05, 4.69) is 5.32 Å². The number of methoxy groups -OCH3 is 1. The van der Waals surface area contributed by atoms with Crippen LogP contribution in [0.3, 0.4) is 0 Å². The van der Waals surface area contributed by atoms with Crippen LogP contribution < -0.4 is 14.8 Å². The lowest BCUT2D eigenvalue weighted by Gasteiger charge is -2.26. The summed E-state index contributed by atoms with van der Waals surface area (Å²) in [6.07, 6.45) is 0. The van der Waals surface area contributed by atoms with Crippen LogP contribution in [0.4, 0.5) is 5.69 Å². The van der Waals surface area contributed by atoms with E-state index in [1.807, 2.05) is 0 Å². The highest BCUT2D eigenvalue weighted by atomic mass is 32.2.